The Morgan fingerprint density at radius 3 is 1.19 bits per heavy atom. The third-order valence-corrected chi connectivity index (χ3v) is 15.5. The molecule has 3 heteroatoms. The van der Waals surface area contributed by atoms with Crippen molar-refractivity contribution in [2.75, 3.05) is 0 Å². The molecule has 4 aromatic carbocycles. The van der Waals surface area contributed by atoms with Gasteiger partial charge >= 0.3 is 178 Å². The molecule has 0 aliphatic heterocycles. The molecule has 0 atom stereocenters. The summed E-state index contributed by atoms with van der Waals surface area (Å²) in [6, 6.07) is 41.1. The van der Waals surface area contributed by atoms with E-state index in [1.807, 2.05) is 0 Å². The van der Waals surface area contributed by atoms with Crippen LogP contribution in [0.5, 0.6) is 0 Å². The van der Waals surface area contributed by atoms with Crippen molar-refractivity contribution in [3.63, 3.8) is 0 Å². The molecule has 0 aliphatic rings. The monoisotopic (exact) mass is 496 g/mol. The maximum absolute atomic E-state index is 4.47. The van der Waals surface area contributed by atoms with Gasteiger partial charge in [0.1, 0.15) is 0 Å². The molecule has 0 saturated heterocycles. The van der Waals surface area contributed by atoms with Gasteiger partial charge in [0.15, 0.2) is 0 Å². The van der Waals surface area contributed by atoms with Crippen LogP contribution < -0.4 is 21.2 Å². The molecule has 0 saturated carbocycles. The van der Waals surface area contributed by atoms with E-state index >= 15 is 0 Å². The summed E-state index contributed by atoms with van der Waals surface area (Å²) in [6.45, 7) is 0. The molecule has 4 aromatic rings. The first-order chi connectivity index (χ1) is 13.1. The van der Waals surface area contributed by atoms with Gasteiger partial charge in [-0.05, 0) is 0 Å². The van der Waals surface area contributed by atoms with Crippen molar-refractivity contribution in [1.82, 2.24) is 0 Å². The van der Waals surface area contributed by atoms with Crippen LogP contribution in [-0.2, 0) is 0 Å². The van der Waals surface area contributed by atoms with E-state index in [9.17, 15) is 0 Å². The van der Waals surface area contributed by atoms with Gasteiger partial charge in [-0.25, -0.2) is 0 Å². The van der Waals surface area contributed by atoms with E-state index in [-0.39, 0.29) is 0 Å². The molecule has 0 aliphatic carbocycles. The number of hydrogen-bond acceptors (Lipinski definition) is 0. The fourth-order valence-corrected chi connectivity index (χ4v) is 11.9. The molecule has 0 unspecified atom stereocenters. The molecule has 27 heavy (non-hydrogen) atoms. The Labute approximate surface area is 177 Å². The van der Waals surface area contributed by atoms with Crippen molar-refractivity contribution in [2.45, 2.75) is 0 Å². The normalized spacial score (nSPS) is 12.9. The van der Waals surface area contributed by atoms with Crippen molar-refractivity contribution < 1.29 is 0 Å². The zero-order valence-corrected chi connectivity index (χ0v) is 18.7. The second kappa shape index (κ2) is 7.36. The van der Waals surface area contributed by atoms with Gasteiger partial charge in [0.2, 0.25) is 0 Å². The van der Waals surface area contributed by atoms with E-state index < -0.39 is 5.31 Å². The standard InChI is InChI=1S/C24H19Br2P/c25-20-11-10-18-24(19-20)27(26,21-12-4-1-5-13-21,22-14-6-2-7-15-22)23-16-8-3-9-17-23/h1-19H. The van der Waals surface area contributed by atoms with Gasteiger partial charge in [0.05, 0.1) is 0 Å². The predicted octanol–water partition coefficient (Wildman–Crippen LogP) is 5.91. The number of benzene rings is 4. The Bertz CT molecular complexity index is 948. The van der Waals surface area contributed by atoms with Gasteiger partial charge in [-0.1, -0.05) is 0 Å². The number of rotatable bonds is 4. The van der Waals surface area contributed by atoms with Crippen molar-refractivity contribution in [3.8, 4) is 0 Å². The van der Waals surface area contributed by atoms with Crippen LogP contribution in [0.3, 0.4) is 0 Å². The molecule has 0 nitrogen and oxygen atoms in total. The average molecular weight is 498 g/mol. The molecule has 0 amide bonds. The van der Waals surface area contributed by atoms with Crippen LogP contribution in [0, 0.1) is 0 Å². The van der Waals surface area contributed by atoms with Crippen LogP contribution in [0.25, 0.3) is 0 Å². The minimum absolute atomic E-state index is 1.08. The van der Waals surface area contributed by atoms with Gasteiger partial charge in [0, 0.05) is 0 Å². The van der Waals surface area contributed by atoms with Crippen molar-refractivity contribution in [3.05, 3.63) is 120 Å². The topological polar surface area (TPSA) is 0 Å². The van der Waals surface area contributed by atoms with E-state index in [0.717, 1.165) is 4.47 Å². The van der Waals surface area contributed by atoms with E-state index in [4.69, 9.17) is 0 Å². The van der Waals surface area contributed by atoms with Crippen molar-refractivity contribution >= 4 is 57.9 Å². The Morgan fingerprint density at radius 1 is 0.444 bits per heavy atom. The Balaban J connectivity index is 2.24. The third-order valence-electron chi connectivity index (χ3n) is 5.02. The van der Waals surface area contributed by atoms with Crippen molar-refractivity contribution in [2.24, 2.45) is 0 Å². The molecular formula is C24H19Br2P. The molecule has 0 heterocycles. The zero-order valence-electron chi connectivity index (χ0n) is 14.7. The SMILES string of the molecule is Brc1cccc(P(Br)(c2ccccc2)(c2ccccc2)c2ccccc2)c1. The number of hydrogen-bond donors (Lipinski definition) is 0. The molecule has 0 N–H and O–H groups in total. The summed E-state index contributed by atoms with van der Waals surface area (Å²) in [6.07, 6.45) is 0. The summed E-state index contributed by atoms with van der Waals surface area (Å²) in [5.74, 6) is 0. The molecule has 4 rings (SSSR count). The second-order valence-electron chi connectivity index (χ2n) is 6.50. The van der Waals surface area contributed by atoms with Gasteiger partial charge in [-0.2, -0.15) is 0 Å². The first-order valence-corrected chi connectivity index (χ1v) is 13.9. The van der Waals surface area contributed by atoms with E-state index in [1.54, 1.807) is 0 Å². The molecular weight excluding hydrogens is 479 g/mol. The molecule has 0 fully saturated rings. The summed E-state index contributed by atoms with van der Waals surface area (Å²) < 4.78 is 1.08. The van der Waals surface area contributed by atoms with E-state index in [0.29, 0.717) is 0 Å². The Morgan fingerprint density at radius 2 is 0.815 bits per heavy atom. The zero-order chi connectivity index (χ0) is 18.8. The summed E-state index contributed by atoms with van der Waals surface area (Å²) >= 11 is 8.17. The van der Waals surface area contributed by atoms with Crippen LogP contribution in [-0.4, -0.2) is 0 Å². The Kier molecular flexibility index (Phi) is 5.07. The van der Waals surface area contributed by atoms with E-state index in [1.165, 1.54) is 21.2 Å². The summed E-state index contributed by atoms with van der Waals surface area (Å²) in [5, 5.41) is 2.08. The molecule has 0 aromatic heterocycles. The van der Waals surface area contributed by atoms with Gasteiger partial charge < -0.3 is 0 Å². The van der Waals surface area contributed by atoms with Crippen LogP contribution in [0.4, 0.5) is 0 Å². The van der Waals surface area contributed by atoms with E-state index in [2.05, 4.69) is 147 Å². The number of halogens is 2. The van der Waals surface area contributed by atoms with Crippen molar-refractivity contribution in [1.29, 1.82) is 0 Å². The molecule has 134 valence electrons. The van der Waals surface area contributed by atoms with Gasteiger partial charge in [-0.15, -0.1) is 0 Å². The fourth-order valence-electron chi connectivity index (χ4n) is 3.76. The molecule has 0 radical (unpaired) electrons. The van der Waals surface area contributed by atoms with Gasteiger partial charge in [0.25, 0.3) is 0 Å². The van der Waals surface area contributed by atoms with Crippen LogP contribution in [0.15, 0.2) is 120 Å². The fraction of sp³-hybridized carbons (Fsp3) is 0. The van der Waals surface area contributed by atoms with Crippen LogP contribution in [0.1, 0.15) is 0 Å². The minimum atomic E-state index is -3.07. The quantitative estimate of drug-likeness (QED) is 0.307. The van der Waals surface area contributed by atoms with Crippen LogP contribution >= 0.6 is 36.7 Å². The van der Waals surface area contributed by atoms with Crippen LogP contribution in [0.2, 0.25) is 0 Å². The van der Waals surface area contributed by atoms with Gasteiger partial charge in [-0.3, -0.25) is 0 Å². The third kappa shape index (κ3) is 2.91. The maximum atomic E-state index is 4.47. The second-order valence-corrected chi connectivity index (χ2v) is 15.8. The summed E-state index contributed by atoms with van der Waals surface area (Å²) in [4.78, 5) is 0. The predicted molar refractivity (Wildman–Crippen MR) is 128 cm³/mol. The Hall–Kier alpha value is -1.73. The first kappa shape index (κ1) is 18.6. The average Bonchev–Trinajstić information content (AvgIpc) is 2.75. The molecule has 0 bridgehead atoms. The molecule has 0 spiro atoms. The summed E-state index contributed by atoms with van der Waals surface area (Å²) in [7, 11) is 0. The first-order valence-electron chi connectivity index (χ1n) is 8.81. The summed E-state index contributed by atoms with van der Waals surface area (Å²) in [5.41, 5.74) is 0.